The van der Waals surface area contributed by atoms with Crippen molar-refractivity contribution in [2.45, 2.75) is 13.5 Å². The van der Waals surface area contributed by atoms with Gasteiger partial charge in [0.25, 0.3) is 0 Å². The molecule has 0 spiro atoms. The molecule has 0 saturated heterocycles. The highest BCUT2D eigenvalue weighted by molar-refractivity contribution is 6.32. The molecule has 2 heterocycles. The summed E-state index contributed by atoms with van der Waals surface area (Å²) < 4.78 is 0. The van der Waals surface area contributed by atoms with E-state index in [2.05, 4.69) is 15.0 Å². The number of halogens is 1. The third kappa shape index (κ3) is 2.18. The number of aromatic nitrogens is 3. The molecule has 0 aliphatic heterocycles. The van der Waals surface area contributed by atoms with Gasteiger partial charge < -0.3 is 5.73 Å². The Labute approximate surface area is 98.5 Å². The Morgan fingerprint density at radius 3 is 2.88 bits per heavy atom. The molecule has 0 bridgehead atoms. The molecule has 2 N–H and O–H groups in total. The summed E-state index contributed by atoms with van der Waals surface area (Å²) in [5, 5.41) is 0.538. The second kappa shape index (κ2) is 4.55. The van der Waals surface area contributed by atoms with Crippen LogP contribution >= 0.6 is 11.6 Å². The molecule has 2 aromatic rings. The lowest BCUT2D eigenvalue weighted by Crippen LogP contribution is -2.04. The quantitative estimate of drug-likeness (QED) is 0.863. The second-order valence-corrected chi connectivity index (χ2v) is 3.77. The molecule has 4 nitrogen and oxygen atoms in total. The average molecular weight is 235 g/mol. The van der Waals surface area contributed by atoms with E-state index in [-0.39, 0.29) is 0 Å². The van der Waals surface area contributed by atoms with E-state index < -0.39 is 0 Å². The summed E-state index contributed by atoms with van der Waals surface area (Å²) in [6.07, 6.45) is 1.66. The highest BCUT2D eigenvalue weighted by atomic mass is 35.5. The van der Waals surface area contributed by atoms with Crippen LogP contribution in [0.2, 0.25) is 5.02 Å². The van der Waals surface area contributed by atoms with E-state index in [4.69, 9.17) is 17.3 Å². The Balaban J connectivity index is 2.56. The Hall–Kier alpha value is -1.52. The monoisotopic (exact) mass is 234 g/mol. The largest absolute Gasteiger partial charge is 0.325 e. The molecule has 0 aliphatic rings. The third-order valence-electron chi connectivity index (χ3n) is 2.09. The van der Waals surface area contributed by atoms with E-state index in [1.165, 1.54) is 0 Å². The fourth-order valence-corrected chi connectivity index (χ4v) is 1.60. The zero-order valence-electron chi connectivity index (χ0n) is 8.81. The molecule has 0 atom stereocenters. The van der Waals surface area contributed by atoms with E-state index >= 15 is 0 Å². The highest BCUT2D eigenvalue weighted by Crippen LogP contribution is 2.22. The number of nitrogens with two attached hydrogens (primary N) is 1. The standard InChI is InChI=1S/C11H11ClN4/c1-7-5-8(6-13)16-11(15-7)10-9(12)3-2-4-14-10/h2-5H,6,13H2,1H3. The molecular formula is C11H11ClN4. The number of hydrogen-bond acceptors (Lipinski definition) is 4. The van der Waals surface area contributed by atoms with Crippen LogP contribution in [0.1, 0.15) is 11.4 Å². The third-order valence-corrected chi connectivity index (χ3v) is 2.39. The van der Waals surface area contributed by atoms with Crippen LogP contribution in [-0.2, 0) is 6.54 Å². The summed E-state index contributed by atoms with van der Waals surface area (Å²) in [4.78, 5) is 12.8. The summed E-state index contributed by atoms with van der Waals surface area (Å²) in [5.41, 5.74) is 7.78. The van der Waals surface area contributed by atoms with Crippen LogP contribution in [0.25, 0.3) is 11.5 Å². The molecule has 2 rings (SSSR count). The Morgan fingerprint density at radius 1 is 1.38 bits per heavy atom. The minimum Gasteiger partial charge on any atom is -0.325 e. The lowest BCUT2D eigenvalue weighted by atomic mass is 10.3. The highest BCUT2D eigenvalue weighted by Gasteiger charge is 2.09. The summed E-state index contributed by atoms with van der Waals surface area (Å²) in [5.74, 6) is 0.519. The molecule has 16 heavy (non-hydrogen) atoms. The summed E-state index contributed by atoms with van der Waals surface area (Å²) in [6, 6.07) is 5.38. The predicted molar refractivity (Wildman–Crippen MR) is 62.9 cm³/mol. The van der Waals surface area contributed by atoms with E-state index in [9.17, 15) is 0 Å². The van der Waals surface area contributed by atoms with Crippen molar-refractivity contribution >= 4 is 11.6 Å². The number of rotatable bonds is 2. The Morgan fingerprint density at radius 2 is 2.19 bits per heavy atom. The molecule has 0 unspecified atom stereocenters. The molecule has 82 valence electrons. The van der Waals surface area contributed by atoms with Crippen LogP contribution in [0.15, 0.2) is 24.4 Å². The first-order valence-electron chi connectivity index (χ1n) is 4.86. The normalized spacial score (nSPS) is 10.4. The first-order chi connectivity index (χ1) is 7.70. The van der Waals surface area contributed by atoms with Crippen LogP contribution < -0.4 is 5.73 Å². The van der Waals surface area contributed by atoms with E-state index in [0.29, 0.717) is 23.1 Å². The number of aryl methyl sites for hydroxylation is 1. The van der Waals surface area contributed by atoms with Crippen molar-refractivity contribution in [3.8, 4) is 11.5 Å². The van der Waals surface area contributed by atoms with Crippen LogP contribution in [-0.4, -0.2) is 15.0 Å². The van der Waals surface area contributed by atoms with Crippen LogP contribution in [0.4, 0.5) is 0 Å². The van der Waals surface area contributed by atoms with Crippen molar-refractivity contribution in [2.24, 2.45) is 5.73 Å². The lowest BCUT2D eigenvalue weighted by Gasteiger charge is -2.04. The summed E-state index contributed by atoms with van der Waals surface area (Å²) in [6.45, 7) is 2.27. The molecule has 0 radical (unpaired) electrons. The molecule has 0 saturated carbocycles. The molecule has 0 aliphatic carbocycles. The number of pyridine rings is 1. The van der Waals surface area contributed by atoms with Crippen molar-refractivity contribution in [3.05, 3.63) is 40.8 Å². The smallest absolute Gasteiger partial charge is 0.180 e. The van der Waals surface area contributed by atoms with Gasteiger partial charge in [-0.3, -0.25) is 4.98 Å². The minimum atomic E-state index is 0.376. The first-order valence-corrected chi connectivity index (χ1v) is 5.24. The second-order valence-electron chi connectivity index (χ2n) is 3.36. The van der Waals surface area contributed by atoms with Crippen LogP contribution in [0.3, 0.4) is 0 Å². The molecular weight excluding hydrogens is 224 g/mol. The first kappa shape index (κ1) is 11.0. The molecule has 0 aromatic carbocycles. The summed E-state index contributed by atoms with van der Waals surface area (Å²) >= 11 is 6.03. The van der Waals surface area contributed by atoms with Crippen LogP contribution in [0.5, 0.6) is 0 Å². The predicted octanol–water partition coefficient (Wildman–Crippen LogP) is 1.96. The van der Waals surface area contributed by atoms with Gasteiger partial charge in [-0.15, -0.1) is 0 Å². The molecule has 2 aromatic heterocycles. The van der Waals surface area contributed by atoms with Crippen molar-refractivity contribution in [1.82, 2.24) is 15.0 Å². The van der Waals surface area contributed by atoms with E-state index in [1.807, 2.05) is 13.0 Å². The lowest BCUT2D eigenvalue weighted by molar-refractivity contribution is 0.948. The number of hydrogen-bond donors (Lipinski definition) is 1. The van der Waals surface area contributed by atoms with Gasteiger partial charge in [-0.2, -0.15) is 0 Å². The molecule has 0 fully saturated rings. The maximum absolute atomic E-state index is 6.03. The van der Waals surface area contributed by atoms with E-state index in [0.717, 1.165) is 11.4 Å². The van der Waals surface area contributed by atoms with Gasteiger partial charge in [0, 0.05) is 18.4 Å². The van der Waals surface area contributed by atoms with Crippen LogP contribution in [0, 0.1) is 6.92 Å². The van der Waals surface area contributed by atoms with Crippen molar-refractivity contribution in [2.75, 3.05) is 0 Å². The fraction of sp³-hybridized carbons (Fsp3) is 0.182. The Kier molecular flexibility index (Phi) is 3.12. The van der Waals surface area contributed by atoms with Gasteiger partial charge in [-0.25, -0.2) is 9.97 Å². The van der Waals surface area contributed by atoms with Crippen molar-refractivity contribution in [3.63, 3.8) is 0 Å². The Bertz CT molecular complexity index is 513. The molecule has 0 amide bonds. The van der Waals surface area contributed by atoms with Gasteiger partial charge in [0.1, 0.15) is 5.69 Å². The number of nitrogens with zero attached hydrogens (tertiary/aromatic N) is 3. The van der Waals surface area contributed by atoms with Gasteiger partial charge in [-0.1, -0.05) is 11.6 Å². The SMILES string of the molecule is Cc1cc(CN)nc(-c2ncccc2Cl)n1. The van der Waals surface area contributed by atoms with Gasteiger partial charge in [0.05, 0.1) is 10.7 Å². The van der Waals surface area contributed by atoms with Gasteiger partial charge in [-0.05, 0) is 25.1 Å². The van der Waals surface area contributed by atoms with E-state index in [1.54, 1.807) is 18.3 Å². The van der Waals surface area contributed by atoms with Crippen molar-refractivity contribution < 1.29 is 0 Å². The topological polar surface area (TPSA) is 64.7 Å². The zero-order chi connectivity index (χ0) is 11.5. The van der Waals surface area contributed by atoms with Gasteiger partial charge in [0.2, 0.25) is 0 Å². The van der Waals surface area contributed by atoms with Gasteiger partial charge in [0.15, 0.2) is 5.82 Å². The fourth-order valence-electron chi connectivity index (χ4n) is 1.39. The maximum atomic E-state index is 6.03. The summed E-state index contributed by atoms with van der Waals surface area (Å²) in [7, 11) is 0. The van der Waals surface area contributed by atoms with Gasteiger partial charge >= 0.3 is 0 Å². The average Bonchev–Trinajstić information content (AvgIpc) is 2.28. The molecule has 5 heteroatoms. The maximum Gasteiger partial charge on any atom is 0.180 e. The van der Waals surface area contributed by atoms with Crippen molar-refractivity contribution in [1.29, 1.82) is 0 Å². The zero-order valence-corrected chi connectivity index (χ0v) is 9.57. The minimum absolute atomic E-state index is 0.376.